The van der Waals surface area contributed by atoms with Crippen LogP contribution < -0.4 is 5.73 Å². The van der Waals surface area contributed by atoms with Gasteiger partial charge in [-0.2, -0.15) is 0 Å². The van der Waals surface area contributed by atoms with Crippen molar-refractivity contribution in [2.45, 2.75) is 31.7 Å². The second-order valence-electron chi connectivity index (χ2n) is 3.92. The summed E-state index contributed by atoms with van der Waals surface area (Å²) in [5.74, 6) is 0.340. The molecular formula is C10H21N3O2. The number of amidine groups is 1. The number of rotatable bonds is 5. The Morgan fingerprint density at radius 2 is 2.40 bits per heavy atom. The molecule has 1 fully saturated rings. The highest BCUT2D eigenvalue weighted by molar-refractivity contribution is 5.85. The van der Waals surface area contributed by atoms with Crippen molar-refractivity contribution in [2.75, 3.05) is 26.8 Å². The van der Waals surface area contributed by atoms with E-state index in [9.17, 15) is 0 Å². The molecule has 0 amide bonds. The molecule has 0 bridgehead atoms. The van der Waals surface area contributed by atoms with Gasteiger partial charge in [0.05, 0.1) is 6.04 Å². The van der Waals surface area contributed by atoms with E-state index >= 15 is 0 Å². The normalized spacial score (nSPS) is 24.3. The van der Waals surface area contributed by atoms with Gasteiger partial charge in [-0.3, -0.25) is 4.90 Å². The Bertz CT molecular complexity index is 209. The van der Waals surface area contributed by atoms with E-state index in [-0.39, 0.29) is 6.04 Å². The van der Waals surface area contributed by atoms with E-state index in [1.807, 2.05) is 0 Å². The van der Waals surface area contributed by atoms with Crippen LogP contribution in [-0.2, 0) is 4.74 Å². The fraction of sp³-hybridized carbons (Fsp3) is 0.900. The van der Waals surface area contributed by atoms with Crippen molar-refractivity contribution >= 4 is 5.84 Å². The quantitative estimate of drug-likeness (QED) is 0.232. The Hall–Kier alpha value is -0.810. The van der Waals surface area contributed by atoms with Gasteiger partial charge in [0.2, 0.25) is 0 Å². The summed E-state index contributed by atoms with van der Waals surface area (Å²) in [6.07, 6.45) is 4.33. The smallest absolute Gasteiger partial charge is 0.156 e. The molecule has 0 radical (unpaired) electrons. The van der Waals surface area contributed by atoms with Gasteiger partial charge in [0.15, 0.2) is 5.84 Å². The highest BCUT2D eigenvalue weighted by Crippen LogP contribution is 2.17. The summed E-state index contributed by atoms with van der Waals surface area (Å²) in [5, 5.41) is 11.8. The van der Waals surface area contributed by atoms with Crippen molar-refractivity contribution in [3.63, 3.8) is 0 Å². The zero-order chi connectivity index (χ0) is 11.1. The predicted molar refractivity (Wildman–Crippen MR) is 59.1 cm³/mol. The first kappa shape index (κ1) is 12.3. The minimum atomic E-state index is 0.112. The van der Waals surface area contributed by atoms with Gasteiger partial charge < -0.3 is 15.7 Å². The van der Waals surface area contributed by atoms with E-state index in [0.29, 0.717) is 5.84 Å². The zero-order valence-electron chi connectivity index (χ0n) is 9.35. The molecule has 5 nitrogen and oxygen atoms in total. The fourth-order valence-electron chi connectivity index (χ4n) is 2.07. The molecule has 5 heteroatoms. The van der Waals surface area contributed by atoms with Crippen molar-refractivity contribution < 1.29 is 9.94 Å². The lowest BCUT2D eigenvalue weighted by molar-refractivity contribution is 0.145. The summed E-state index contributed by atoms with van der Waals surface area (Å²) in [5.41, 5.74) is 5.67. The van der Waals surface area contributed by atoms with E-state index < -0.39 is 0 Å². The van der Waals surface area contributed by atoms with Crippen LogP contribution in [0, 0.1) is 0 Å². The summed E-state index contributed by atoms with van der Waals surface area (Å²) in [6.45, 7) is 2.75. The van der Waals surface area contributed by atoms with Gasteiger partial charge in [-0.25, -0.2) is 0 Å². The number of hydrogen-bond donors (Lipinski definition) is 2. The molecule has 0 aromatic rings. The van der Waals surface area contributed by atoms with Crippen LogP contribution in [0.3, 0.4) is 0 Å². The molecule has 1 aliphatic rings. The number of oxime groups is 1. The molecule has 0 aromatic carbocycles. The molecular weight excluding hydrogens is 194 g/mol. The first-order valence-corrected chi connectivity index (χ1v) is 5.50. The highest BCUT2D eigenvalue weighted by atomic mass is 16.5. The van der Waals surface area contributed by atoms with Crippen LogP contribution in [0.15, 0.2) is 5.16 Å². The van der Waals surface area contributed by atoms with Crippen molar-refractivity contribution in [3.8, 4) is 0 Å². The third-order valence-electron chi connectivity index (χ3n) is 2.86. The lowest BCUT2D eigenvalue weighted by Gasteiger charge is -2.34. The van der Waals surface area contributed by atoms with Gasteiger partial charge in [-0.05, 0) is 25.8 Å². The fourth-order valence-corrected chi connectivity index (χ4v) is 2.07. The molecule has 0 spiro atoms. The van der Waals surface area contributed by atoms with E-state index in [2.05, 4.69) is 10.1 Å². The third kappa shape index (κ3) is 3.68. The maximum atomic E-state index is 8.69. The molecule has 0 saturated carbocycles. The van der Waals surface area contributed by atoms with Crippen LogP contribution in [0.1, 0.15) is 25.7 Å². The Morgan fingerprint density at radius 1 is 1.60 bits per heavy atom. The minimum absolute atomic E-state index is 0.112. The molecule has 1 atom stereocenters. The Labute approximate surface area is 90.9 Å². The maximum Gasteiger partial charge on any atom is 0.156 e. The summed E-state index contributed by atoms with van der Waals surface area (Å²) >= 11 is 0. The lowest BCUT2D eigenvalue weighted by Crippen LogP contribution is -2.48. The van der Waals surface area contributed by atoms with Crippen LogP contribution in [0.25, 0.3) is 0 Å². The van der Waals surface area contributed by atoms with Crippen molar-refractivity contribution in [1.82, 2.24) is 4.90 Å². The maximum absolute atomic E-state index is 8.69. The van der Waals surface area contributed by atoms with Gasteiger partial charge in [-0.15, -0.1) is 0 Å². The Morgan fingerprint density at radius 3 is 3.07 bits per heavy atom. The van der Waals surface area contributed by atoms with E-state index in [4.69, 9.17) is 15.7 Å². The summed E-state index contributed by atoms with van der Waals surface area (Å²) in [6, 6.07) is 0.112. The second kappa shape index (κ2) is 6.63. The van der Waals surface area contributed by atoms with Crippen LogP contribution >= 0.6 is 0 Å². The van der Waals surface area contributed by atoms with Crippen LogP contribution in [0.5, 0.6) is 0 Å². The number of nitrogens with two attached hydrogens (primary N) is 1. The van der Waals surface area contributed by atoms with Crippen molar-refractivity contribution in [3.05, 3.63) is 0 Å². The van der Waals surface area contributed by atoms with Gasteiger partial charge in [0.25, 0.3) is 0 Å². The van der Waals surface area contributed by atoms with Crippen molar-refractivity contribution in [2.24, 2.45) is 10.9 Å². The molecule has 0 aromatic heterocycles. The lowest BCUT2D eigenvalue weighted by atomic mass is 10.0. The molecule has 15 heavy (non-hydrogen) atoms. The average Bonchev–Trinajstić information content (AvgIpc) is 2.29. The second-order valence-corrected chi connectivity index (χ2v) is 3.92. The monoisotopic (exact) mass is 215 g/mol. The summed E-state index contributed by atoms with van der Waals surface area (Å²) < 4.78 is 5.02. The number of hydrogen-bond acceptors (Lipinski definition) is 4. The largest absolute Gasteiger partial charge is 0.409 e. The number of piperidine rings is 1. The standard InChI is InChI=1S/C10H21N3O2/c1-15-8-4-7-13-6-3-2-5-9(13)10(11)12-14/h9,14H,2-8H2,1H3,(H2,11,12)/t9-/m0/s1. The predicted octanol–water partition coefficient (Wildman–Crippen LogP) is 0.624. The molecule has 1 aliphatic heterocycles. The molecule has 0 aliphatic carbocycles. The van der Waals surface area contributed by atoms with Gasteiger partial charge in [0, 0.05) is 20.3 Å². The molecule has 0 unspecified atom stereocenters. The van der Waals surface area contributed by atoms with Gasteiger partial charge >= 0.3 is 0 Å². The molecule has 3 N–H and O–H groups in total. The van der Waals surface area contributed by atoms with Crippen LogP contribution in [0.4, 0.5) is 0 Å². The first-order chi connectivity index (χ1) is 7.29. The van der Waals surface area contributed by atoms with Gasteiger partial charge in [0.1, 0.15) is 0 Å². The van der Waals surface area contributed by atoms with Crippen LogP contribution in [0.2, 0.25) is 0 Å². The molecule has 1 rings (SSSR count). The summed E-state index contributed by atoms with van der Waals surface area (Å²) in [7, 11) is 1.71. The van der Waals surface area contributed by atoms with E-state index in [1.54, 1.807) is 7.11 Å². The first-order valence-electron chi connectivity index (χ1n) is 5.50. The third-order valence-corrected chi connectivity index (χ3v) is 2.86. The minimum Gasteiger partial charge on any atom is -0.409 e. The zero-order valence-corrected chi connectivity index (χ0v) is 9.35. The van der Waals surface area contributed by atoms with Gasteiger partial charge in [-0.1, -0.05) is 11.6 Å². The Kier molecular flexibility index (Phi) is 5.42. The molecule has 1 heterocycles. The molecule has 1 saturated heterocycles. The number of likely N-dealkylation sites (tertiary alicyclic amines) is 1. The Balaban J connectivity index is 2.43. The number of ether oxygens (including phenoxy) is 1. The average molecular weight is 215 g/mol. The van der Waals surface area contributed by atoms with E-state index in [0.717, 1.165) is 39.0 Å². The highest BCUT2D eigenvalue weighted by Gasteiger charge is 2.25. The topological polar surface area (TPSA) is 71.1 Å². The number of nitrogens with zero attached hydrogens (tertiary/aromatic N) is 2. The van der Waals surface area contributed by atoms with Crippen LogP contribution in [-0.4, -0.2) is 48.8 Å². The summed E-state index contributed by atoms with van der Waals surface area (Å²) in [4.78, 5) is 2.28. The van der Waals surface area contributed by atoms with E-state index in [1.165, 1.54) is 6.42 Å². The SMILES string of the molecule is COCCCN1CCCC[C@H]1/C(N)=N\O. The molecule has 88 valence electrons. The number of methoxy groups -OCH3 is 1. The van der Waals surface area contributed by atoms with Crippen molar-refractivity contribution in [1.29, 1.82) is 0 Å².